The maximum Gasteiger partial charge on any atom is 0.361 e. The first-order valence-electron chi connectivity index (χ1n) is 3.27. The molecule has 0 aliphatic heterocycles. The topological polar surface area (TPSA) is 130 Å². The highest BCUT2D eigenvalue weighted by molar-refractivity contribution is 5.37. The Hall–Kier alpha value is -2.52. The molecular formula is C4H6N6O4+2. The molecule has 0 fully saturated rings. The molecule has 0 atom stereocenters. The summed E-state index contributed by atoms with van der Waals surface area (Å²) in [5.74, 6) is -0.0492. The Morgan fingerprint density at radius 3 is 1.57 bits per heavy atom. The molecule has 0 aliphatic carbocycles. The highest BCUT2D eigenvalue weighted by atomic mass is 16.7. The summed E-state index contributed by atoms with van der Waals surface area (Å²) in [5, 5.41) is 22.0. The van der Waals surface area contributed by atoms with Gasteiger partial charge in [0.2, 0.25) is 11.6 Å². The monoisotopic (exact) mass is 202 g/mol. The number of hydrogen-bond acceptors (Lipinski definition) is 4. The first-order valence-corrected chi connectivity index (χ1v) is 3.27. The van der Waals surface area contributed by atoms with Crippen LogP contribution in [0.4, 0.5) is 11.6 Å². The van der Waals surface area contributed by atoms with E-state index in [4.69, 9.17) is 10.4 Å². The number of hydrogen-bond donors (Lipinski definition) is 4. The van der Waals surface area contributed by atoms with Crippen LogP contribution in [0.25, 0.3) is 0 Å². The first-order chi connectivity index (χ1) is 6.58. The molecule has 10 heteroatoms. The minimum atomic E-state index is -0.553. The summed E-state index contributed by atoms with van der Waals surface area (Å²) in [4.78, 5) is 20.1. The molecule has 1 aromatic rings. The molecule has 0 bridgehead atoms. The Morgan fingerprint density at radius 1 is 1.00 bits per heavy atom. The molecule has 0 saturated carbocycles. The predicted molar refractivity (Wildman–Crippen MR) is 40.1 cm³/mol. The Morgan fingerprint density at radius 2 is 1.36 bits per heavy atom. The fourth-order valence-corrected chi connectivity index (χ4v) is 0.648. The molecule has 0 aromatic carbocycles. The van der Waals surface area contributed by atoms with Crippen molar-refractivity contribution in [3.63, 3.8) is 0 Å². The van der Waals surface area contributed by atoms with Crippen molar-refractivity contribution in [2.45, 2.75) is 0 Å². The van der Waals surface area contributed by atoms with Crippen molar-refractivity contribution in [2.24, 2.45) is 0 Å². The zero-order chi connectivity index (χ0) is 10.6. The third kappa shape index (κ3) is 2.84. The van der Waals surface area contributed by atoms with Gasteiger partial charge in [-0.25, -0.2) is 10.4 Å². The van der Waals surface area contributed by atoms with Crippen molar-refractivity contribution in [3.05, 3.63) is 21.9 Å². The summed E-state index contributed by atoms with van der Waals surface area (Å²) in [6.07, 6.45) is 0. The van der Waals surface area contributed by atoms with E-state index in [0.29, 0.717) is 0 Å². The van der Waals surface area contributed by atoms with Gasteiger partial charge in [-0.2, -0.15) is 0 Å². The zero-order valence-corrected chi connectivity index (χ0v) is 6.65. The Kier molecular flexibility index (Phi) is 2.69. The van der Waals surface area contributed by atoms with Crippen molar-refractivity contribution in [3.8, 4) is 0 Å². The van der Waals surface area contributed by atoms with Crippen molar-refractivity contribution < 1.29 is 20.5 Å². The minimum Gasteiger partial charge on any atom is -0.219 e. The summed E-state index contributed by atoms with van der Waals surface area (Å²) in [6.45, 7) is 0. The lowest BCUT2D eigenvalue weighted by Gasteiger charge is -1.92. The Bertz CT molecular complexity index is 314. The van der Waals surface area contributed by atoms with Crippen LogP contribution in [0.15, 0.2) is 12.1 Å². The molecule has 0 unspecified atom stereocenters. The maximum absolute atomic E-state index is 10.1. The minimum absolute atomic E-state index is 0.0246. The van der Waals surface area contributed by atoms with E-state index in [1.54, 1.807) is 0 Å². The van der Waals surface area contributed by atoms with Gasteiger partial charge in [-0.3, -0.25) is 0 Å². The Balaban J connectivity index is 2.68. The van der Waals surface area contributed by atoms with E-state index >= 15 is 0 Å². The molecule has 1 aromatic heterocycles. The van der Waals surface area contributed by atoms with Crippen LogP contribution < -0.4 is 10.9 Å². The number of nitrogens with zero attached hydrogens (tertiary/aromatic N) is 4. The number of aromatic nitrogens is 2. The molecule has 0 saturated heterocycles. The predicted octanol–water partition coefficient (Wildman–Crippen LogP) is -0.533. The number of anilines is 2. The van der Waals surface area contributed by atoms with Gasteiger partial charge in [0.1, 0.15) is 9.81 Å². The zero-order valence-electron chi connectivity index (χ0n) is 6.65. The van der Waals surface area contributed by atoms with Crippen LogP contribution >= 0.6 is 0 Å². The number of rotatable bonds is 4. The van der Waals surface area contributed by atoms with Crippen LogP contribution in [-0.4, -0.2) is 30.7 Å². The lowest BCUT2D eigenvalue weighted by molar-refractivity contribution is -0.770. The van der Waals surface area contributed by atoms with Crippen LogP contribution in [0.3, 0.4) is 0 Å². The van der Waals surface area contributed by atoms with Crippen LogP contribution in [-0.2, 0) is 0 Å². The fraction of sp³-hybridized carbons (Fsp3) is 0. The smallest absolute Gasteiger partial charge is 0.219 e. The van der Waals surface area contributed by atoms with Crippen LogP contribution in [0, 0.1) is 9.81 Å². The second kappa shape index (κ2) is 3.93. The number of hydrazine groups is 2. The van der Waals surface area contributed by atoms with Crippen molar-refractivity contribution in [2.75, 3.05) is 10.9 Å². The summed E-state index contributed by atoms with van der Waals surface area (Å²) in [6, 6.07) is 2.50. The van der Waals surface area contributed by atoms with Gasteiger partial charge in [0.25, 0.3) is 0 Å². The largest absolute Gasteiger partial charge is 0.361 e. The second-order valence-corrected chi connectivity index (χ2v) is 2.07. The van der Waals surface area contributed by atoms with E-state index < -0.39 is 10.1 Å². The maximum atomic E-state index is 10.1. The molecule has 0 radical (unpaired) electrons. The van der Waals surface area contributed by atoms with Gasteiger partial charge in [0.05, 0.1) is 0 Å². The van der Waals surface area contributed by atoms with Crippen molar-refractivity contribution in [1.82, 2.24) is 10.2 Å². The van der Waals surface area contributed by atoms with Crippen molar-refractivity contribution >= 4 is 11.6 Å². The average molecular weight is 202 g/mol. The quantitative estimate of drug-likeness (QED) is 0.479. The van der Waals surface area contributed by atoms with E-state index in [1.165, 1.54) is 12.1 Å². The Labute approximate surface area is 76.2 Å². The number of nitrogens with one attached hydrogen (secondary N) is 2. The van der Waals surface area contributed by atoms with Crippen LogP contribution in [0.5, 0.6) is 0 Å². The van der Waals surface area contributed by atoms with E-state index in [2.05, 4.69) is 10.2 Å². The van der Waals surface area contributed by atoms with Gasteiger partial charge in [-0.05, 0) is 23.0 Å². The van der Waals surface area contributed by atoms with E-state index in [1.807, 2.05) is 10.9 Å². The normalized spacial score (nSPS) is 9.14. The van der Waals surface area contributed by atoms with E-state index in [-0.39, 0.29) is 11.6 Å². The first kappa shape index (κ1) is 9.57. The molecule has 74 valence electrons. The van der Waals surface area contributed by atoms with Gasteiger partial charge in [-0.15, -0.1) is 10.2 Å². The molecule has 0 amide bonds. The van der Waals surface area contributed by atoms with Gasteiger partial charge < -0.3 is 0 Å². The molecule has 1 rings (SSSR count). The summed E-state index contributed by atoms with van der Waals surface area (Å²) in [7, 11) is 0. The lowest BCUT2D eigenvalue weighted by Crippen LogP contribution is -2.15. The van der Waals surface area contributed by atoms with Crippen molar-refractivity contribution in [1.29, 1.82) is 0 Å². The third-order valence-corrected chi connectivity index (χ3v) is 1.08. The standard InChI is InChI=1S/C4H6N6O4/c11-9(12)7-3-1-2-4(6-5-3)8-10(13)14/h1-2H,(H,5,7)(H,6,8)(H,11,12)(H,13,14)/q+2. The summed E-state index contributed by atoms with van der Waals surface area (Å²) >= 11 is 0. The molecule has 10 nitrogen and oxygen atoms in total. The summed E-state index contributed by atoms with van der Waals surface area (Å²) in [5.41, 5.74) is 3.73. The molecule has 1 heterocycles. The third-order valence-electron chi connectivity index (χ3n) is 1.08. The molecule has 0 aliphatic rings. The van der Waals surface area contributed by atoms with Gasteiger partial charge in [0.15, 0.2) is 0 Å². The van der Waals surface area contributed by atoms with E-state index in [9.17, 15) is 9.81 Å². The molecule has 0 spiro atoms. The SMILES string of the molecule is O=[N+](O)Nc1ccc(N[N+](=O)O)nn1. The fourth-order valence-electron chi connectivity index (χ4n) is 0.648. The summed E-state index contributed by atoms with van der Waals surface area (Å²) < 4.78 is 0. The highest BCUT2D eigenvalue weighted by Gasteiger charge is 2.09. The molecule has 4 N–H and O–H groups in total. The van der Waals surface area contributed by atoms with E-state index in [0.717, 1.165) is 0 Å². The molecular weight excluding hydrogens is 196 g/mol. The average Bonchev–Trinajstić information content (AvgIpc) is 2.06. The molecule has 14 heavy (non-hydrogen) atoms. The van der Waals surface area contributed by atoms with Gasteiger partial charge in [-0.1, -0.05) is 0 Å². The highest BCUT2D eigenvalue weighted by Crippen LogP contribution is 2.04. The van der Waals surface area contributed by atoms with Gasteiger partial charge in [0, 0.05) is 0 Å². The lowest BCUT2D eigenvalue weighted by atomic mass is 10.5. The van der Waals surface area contributed by atoms with Gasteiger partial charge >= 0.3 is 10.1 Å². The second-order valence-electron chi connectivity index (χ2n) is 2.07. The van der Waals surface area contributed by atoms with Crippen LogP contribution in [0.1, 0.15) is 0 Å². The van der Waals surface area contributed by atoms with Crippen LogP contribution in [0.2, 0.25) is 0 Å².